The molecule has 41 heavy (non-hydrogen) atoms. The normalized spacial score (nSPS) is 28.2. The van der Waals surface area contributed by atoms with Gasteiger partial charge in [-0.25, -0.2) is 14.7 Å². The van der Waals surface area contributed by atoms with E-state index in [0.29, 0.717) is 29.4 Å². The summed E-state index contributed by atoms with van der Waals surface area (Å²) in [5.74, 6) is -0.671. The Morgan fingerprint density at radius 3 is 2.66 bits per heavy atom. The van der Waals surface area contributed by atoms with Crippen LogP contribution in [0.5, 0.6) is 5.75 Å². The van der Waals surface area contributed by atoms with Crippen molar-refractivity contribution in [2.24, 2.45) is 5.92 Å². The molecule has 0 bridgehead atoms. The van der Waals surface area contributed by atoms with Gasteiger partial charge >= 0.3 is 5.97 Å². The lowest BCUT2D eigenvalue weighted by atomic mass is 9.75. The van der Waals surface area contributed by atoms with Crippen LogP contribution in [0.4, 0.5) is 0 Å². The molecule has 3 atom stereocenters. The minimum absolute atomic E-state index is 0.111. The number of ether oxygens (including phenoxy) is 2. The molecule has 2 saturated heterocycles. The number of esters is 1. The number of allylic oxidation sites excluding steroid dienone is 1. The number of nitrogens with zero attached hydrogens (tertiary/aromatic N) is 3. The van der Waals surface area contributed by atoms with Crippen molar-refractivity contribution in [2.75, 3.05) is 32.8 Å². The highest BCUT2D eigenvalue weighted by Gasteiger charge is 2.50. The van der Waals surface area contributed by atoms with Crippen LogP contribution in [0.2, 0.25) is 0 Å². The minimum Gasteiger partial charge on any atom is -0.458 e. The molecule has 4 heterocycles. The number of ketones is 1. The Kier molecular flexibility index (Phi) is 6.73. The van der Waals surface area contributed by atoms with Gasteiger partial charge in [-0.1, -0.05) is 13.3 Å². The van der Waals surface area contributed by atoms with E-state index in [2.05, 4.69) is 4.90 Å². The minimum atomic E-state index is -1.82. The zero-order chi connectivity index (χ0) is 28.3. The molecule has 2 N–H and O–H groups in total. The smallest absolute Gasteiger partial charge is 0.343 e. The number of carbonyl (C=O) groups excluding carboxylic acids is 2. The number of aliphatic hydroxyl groups excluding tert-OH is 1. The fourth-order valence-electron chi connectivity index (χ4n) is 7.33. The van der Waals surface area contributed by atoms with Gasteiger partial charge in [0.15, 0.2) is 11.4 Å². The third-order valence-corrected chi connectivity index (χ3v) is 9.78. The molecule has 0 radical (unpaired) electrons. The summed E-state index contributed by atoms with van der Waals surface area (Å²) < 4.78 is 11.2. The highest BCUT2D eigenvalue weighted by molar-refractivity contribution is 6.12. The molecular weight excluding hydrogens is 522 g/mol. The predicted octanol–water partition coefficient (Wildman–Crippen LogP) is 2.97. The van der Waals surface area contributed by atoms with Crippen LogP contribution in [-0.4, -0.2) is 87.6 Å². The number of aliphatic hydroxyl groups is 2. The van der Waals surface area contributed by atoms with Crippen molar-refractivity contribution in [1.82, 2.24) is 14.8 Å². The number of hydrogen-bond acceptors (Lipinski definition) is 9. The average molecular weight is 560 g/mol. The number of benzene rings is 1. The molecule has 7 rings (SSSR count). The lowest BCUT2D eigenvalue weighted by Crippen LogP contribution is -2.50. The van der Waals surface area contributed by atoms with Gasteiger partial charge in [0.05, 0.1) is 17.1 Å². The molecule has 2 fully saturated rings. The summed E-state index contributed by atoms with van der Waals surface area (Å²) in [6.45, 7) is 5.58. The molecule has 3 aliphatic heterocycles. The molecule has 0 amide bonds. The van der Waals surface area contributed by atoms with Crippen molar-refractivity contribution in [3.05, 3.63) is 52.7 Å². The molecule has 0 saturated carbocycles. The Bertz CT molecular complexity index is 1470. The second-order valence-corrected chi connectivity index (χ2v) is 12.1. The van der Waals surface area contributed by atoms with E-state index in [9.17, 15) is 19.8 Å². The van der Waals surface area contributed by atoms with Crippen molar-refractivity contribution in [2.45, 2.75) is 69.9 Å². The second kappa shape index (κ2) is 10.3. The number of pyridine rings is 1. The lowest BCUT2D eigenvalue weighted by Gasteiger charge is -2.41. The van der Waals surface area contributed by atoms with Gasteiger partial charge in [-0.15, -0.1) is 0 Å². The van der Waals surface area contributed by atoms with Crippen LogP contribution in [0.15, 0.2) is 41.5 Å². The molecular formula is C32H37N3O6. The van der Waals surface area contributed by atoms with E-state index in [0.717, 1.165) is 53.7 Å². The summed E-state index contributed by atoms with van der Waals surface area (Å²) in [5.41, 5.74) is 2.06. The van der Waals surface area contributed by atoms with E-state index >= 15 is 0 Å². The van der Waals surface area contributed by atoms with Crippen molar-refractivity contribution in [1.29, 1.82) is 0 Å². The monoisotopic (exact) mass is 559 g/mol. The van der Waals surface area contributed by atoms with E-state index in [1.807, 2.05) is 29.2 Å². The summed E-state index contributed by atoms with van der Waals surface area (Å²) >= 11 is 0. The van der Waals surface area contributed by atoms with Crippen LogP contribution >= 0.6 is 0 Å². The first-order valence-corrected chi connectivity index (χ1v) is 15.0. The average Bonchev–Trinajstić information content (AvgIpc) is 3.36. The third-order valence-electron chi connectivity index (χ3n) is 9.78. The first kappa shape index (κ1) is 26.8. The SMILES string of the molecule is CC[C@@]1(O)C(=O)OCC2=C1C=C1c3nc4ccc(OC(O)N5CCC(N6CCCCC6)CC5)cc4cc3CC1C2=O. The summed E-state index contributed by atoms with van der Waals surface area (Å²) in [6, 6.07) is 8.19. The first-order chi connectivity index (χ1) is 19.9. The maximum atomic E-state index is 13.5. The summed E-state index contributed by atoms with van der Waals surface area (Å²) in [6.07, 6.45) is 7.39. The standard InChI is InChI=1S/C32H37N3O6/c1-2-32(39)26-17-23-24(29(36)25(26)18-40-30(32)37)16-20-14-19-15-22(6-7-27(19)33-28(20)23)41-31(38)35-12-8-21(9-13-35)34-10-4-3-5-11-34/h6-7,14-15,17,21,24,31,38-39H,2-5,8-13,16,18H2,1H3/t24?,31?,32-/m0/s1. The zero-order valence-electron chi connectivity index (χ0n) is 23.5. The Morgan fingerprint density at radius 2 is 1.90 bits per heavy atom. The quantitative estimate of drug-likeness (QED) is 0.422. The lowest BCUT2D eigenvalue weighted by molar-refractivity contribution is -0.163. The van der Waals surface area contributed by atoms with Crippen LogP contribution in [0.25, 0.3) is 16.5 Å². The van der Waals surface area contributed by atoms with Crippen LogP contribution in [0.1, 0.15) is 56.7 Å². The van der Waals surface area contributed by atoms with E-state index in [1.54, 1.807) is 13.0 Å². The topological polar surface area (TPSA) is 112 Å². The number of rotatable bonds is 5. The molecule has 2 aliphatic carbocycles. The third kappa shape index (κ3) is 4.50. The van der Waals surface area contributed by atoms with E-state index in [1.165, 1.54) is 32.4 Å². The second-order valence-electron chi connectivity index (χ2n) is 12.1. The maximum Gasteiger partial charge on any atom is 0.343 e. The molecule has 216 valence electrons. The number of piperidine rings is 2. The summed E-state index contributed by atoms with van der Waals surface area (Å²) in [4.78, 5) is 35.4. The number of likely N-dealkylation sites (tertiary alicyclic amines) is 2. The van der Waals surface area contributed by atoms with Gasteiger partial charge in [-0.05, 0) is 93.1 Å². The molecule has 2 aromatic rings. The van der Waals surface area contributed by atoms with Crippen molar-refractivity contribution in [3.8, 4) is 5.75 Å². The van der Waals surface area contributed by atoms with Crippen molar-refractivity contribution in [3.63, 3.8) is 0 Å². The van der Waals surface area contributed by atoms with E-state index in [-0.39, 0.29) is 18.8 Å². The van der Waals surface area contributed by atoms with Gasteiger partial charge in [0.25, 0.3) is 6.41 Å². The largest absolute Gasteiger partial charge is 0.458 e. The maximum absolute atomic E-state index is 13.5. The number of hydrogen-bond donors (Lipinski definition) is 2. The highest BCUT2D eigenvalue weighted by atomic mass is 16.6. The Labute approximate surface area is 239 Å². The van der Waals surface area contributed by atoms with E-state index < -0.39 is 23.9 Å². The fraction of sp³-hybridized carbons (Fsp3) is 0.531. The number of fused-ring (bicyclic) bond motifs is 4. The summed E-state index contributed by atoms with van der Waals surface area (Å²) in [5, 5.41) is 22.8. The summed E-state index contributed by atoms with van der Waals surface area (Å²) in [7, 11) is 0. The van der Waals surface area contributed by atoms with Gasteiger partial charge in [0, 0.05) is 35.7 Å². The van der Waals surface area contributed by atoms with Gasteiger partial charge in [-0.3, -0.25) is 4.79 Å². The molecule has 9 nitrogen and oxygen atoms in total. The van der Waals surface area contributed by atoms with Crippen molar-refractivity contribution < 1.29 is 29.3 Å². The highest BCUT2D eigenvalue weighted by Crippen LogP contribution is 2.46. The predicted molar refractivity (Wildman–Crippen MR) is 152 cm³/mol. The van der Waals surface area contributed by atoms with Crippen LogP contribution < -0.4 is 4.74 Å². The van der Waals surface area contributed by atoms with Crippen LogP contribution in [0.3, 0.4) is 0 Å². The zero-order valence-corrected chi connectivity index (χ0v) is 23.5. The first-order valence-electron chi connectivity index (χ1n) is 15.0. The van der Waals surface area contributed by atoms with Gasteiger partial charge in [0.2, 0.25) is 0 Å². The van der Waals surface area contributed by atoms with E-state index in [4.69, 9.17) is 14.5 Å². The van der Waals surface area contributed by atoms with Gasteiger partial charge in [-0.2, -0.15) is 0 Å². The molecule has 9 heteroatoms. The van der Waals surface area contributed by atoms with Gasteiger partial charge < -0.3 is 24.6 Å². The number of aromatic nitrogens is 1. The number of carbonyl (C=O) groups is 2. The van der Waals surface area contributed by atoms with Gasteiger partial charge in [0.1, 0.15) is 12.4 Å². The molecule has 1 aromatic heterocycles. The number of cyclic esters (lactones) is 1. The van der Waals surface area contributed by atoms with Crippen LogP contribution in [0, 0.1) is 5.92 Å². The molecule has 0 spiro atoms. The van der Waals surface area contributed by atoms with Crippen LogP contribution in [-0.2, 0) is 20.7 Å². The Hall–Kier alpha value is -3.11. The molecule has 5 aliphatic rings. The fourth-order valence-corrected chi connectivity index (χ4v) is 7.33. The Morgan fingerprint density at radius 1 is 1.12 bits per heavy atom. The number of Topliss-reactive ketones (excluding diaryl/α,β-unsaturated/α-hetero) is 1. The molecule has 1 aromatic carbocycles. The Balaban J connectivity index is 1.09. The van der Waals surface area contributed by atoms with Crippen molar-refractivity contribution >= 4 is 28.2 Å². The molecule has 2 unspecified atom stereocenters.